The second-order valence-electron chi connectivity index (χ2n) is 4.51. The second-order valence-corrected chi connectivity index (χ2v) is 4.51. The van der Waals surface area contributed by atoms with Crippen LogP contribution in [-0.2, 0) is 11.3 Å². The van der Waals surface area contributed by atoms with E-state index in [9.17, 15) is 9.59 Å². The van der Waals surface area contributed by atoms with Gasteiger partial charge in [-0.05, 0) is 25.3 Å². The van der Waals surface area contributed by atoms with E-state index in [1.54, 1.807) is 6.20 Å². The molecule has 0 aromatic carbocycles. The number of carbonyl (C=O) groups excluding carboxylic acids is 1. The Morgan fingerprint density at radius 3 is 2.94 bits per heavy atom. The fourth-order valence-electron chi connectivity index (χ4n) is 2.24. The highest BCUT2D eigenvalue weighted by Gasteiger charge is 2.26. The fraction of sp³-hybridized carbons (Fsp3) is 0.417. The highest BCUT2D eigenvalue weighted by atomic mass is 16.1. The van der Waals surface area contributed by atoms with E-state index < -0.39 is 0 Å². The summed E-state index contributed by atoms with van der Waals surface area (Å²) in [7, 11) is 0. The molecular weight excluding hydrogens is 218 g/mol. The number of rotatable bonds is 3. The predicted octanol–water partition coefficient (Wildman–Crippen LogP) is 1.04. The molecule has 1 aliphatic rings. The summed E-state index contributed by atoms with van der Waals surface area (Å²) in [5, 5.41) is 4.72. The molecular formula is C12H13N3O2. The van der Waals surface area contributed by atoms with Crippen LogP contribution in [0, 0.1) is 6.92 Å². The van der Waals surface area contributed by atoms with Crippen molar-refractivity contribution in [1.29, 1.82) is 0 Å². The number of nitrogens with zero attached hydrogens (tertiary/aromatic N) is 3. The summed E-state index contributed by atoms with van der Waals surface area (Å²) in [5.41, 5.74) is 1.67. The van der Waals surface area contributed by atoms with E-state index in [2.05, 4.69) is 9.67 Å². The molecule has 5 heteroatoms. The first-order valence-electron chi connectivity index (χ1n) is 5.73. The first-order chi connectivity index (χ1) is 8.22. The van der Waals surface area contributed by atoms with E-state index in [-0.39, 0.29) is 12.1 Å². The quantitative estimate of drug-likeness (QED) is 0.742. The number of hydrogen-bond donors (Lipinski definition) is 0. The highest BCUT2D eigenvalue weighted by molar-refractivity contribution is 5.82. The van der Waals surface area contributed by atoms with E-state index in [1.807, 2.05) is 13.1 Å². The molecule has 1 fully saturated rings. The van der Waals surface area contributed by atoms with Gasteiger partial charge in [-0.2, -0.15) is 5.10 Å². The molecule has 2 aromatic rings. The van der Waals surface area contributed by atoms with Gasteiger partial charge in [0.15, 0.2) is 0 Å². The Kier molecular flexibility index (Phi) is 2.14. The van der Waals surface area contributed by atoms with Crippen molar-refractivity contribution in [2.45, 2.75) is 32.4 Å². The molecule has 5 nitrogen and oxygen atoms in total. The van der Waals surface area contributed by atoms with E-state index in [4.69, 9.17) is 0 Å². The third-order valence-corrected chi connectivity index (χ3v) is 3.22. The van der Waals surface area contributed by atoms with Crippen LogP contribution >= 0.6 is 0 Å². The SMILES string of the molecule is Cc1cn(C2CC2)c2cnn(CC=O)c(=O)c12. The van der Waals surface area contributed by atoms with Crippen LogP contribution in [-0.4, -0.2) is 20.6 Å². The number of carbonyl (C=O) groups is 1. The molecule has 1 saturated carbocycles. The van der Waals surface area contributed by atoms with Gasteiger partial charge in [0.1, 0.15) is 12.8 Å². The summed E-state index contributed by atoms with van der Waals surface area (Å²) >= 11 is 0. The van der Waals surface area contributed by atoms with E-state index in [0.29, 0.717) is 17.7 Å². The predicted molar refractivity (Wildman–Crippen MR) is 63.1 cm³/mol. The van der Waals surface area contributed by atoms with E-state index in [0.717, 1.165) is 11.1 Å². The molecule has 1 aliphatic carbocycles. The van der Waals surface area contributed by atoms with Crippen LogP contribution in [0.1, 0.15) is 24.4 Å². The topological polar surface area (TPSA) is 56.9 Å². The minimum absolute atomic E-state index is 0.0167. The maximum absolute atomic E-state index is 12.1. The van der Waals surface area contributed by atoms with Crippen molar-refractivity contribution in [2.24, 2.45) is 0 Å². The Balaban J connectivity index is 2.29. The van der Waals surface area contributed by atoms with Gasteiger partial charge >= 0.3 is 0 Å². The number of hydrogen-bond acceptors (Lipinski definition) is 3. The third-order valence-electron chi connectivity index (χ3n) is 3.22. The van der Waals surface area contributed by atoms with Crippen LogP contribution in [0.2, 0.25) is 0 Å². The number of aromatic nitrogens is 3. The minimum Gasteiger partial charge on any atom is -0.343 e. The summed E-state index contributed by atoms with van der Waals surface area (Å²) in [6, 6.07) is 0.523. The van der Waals surface area contributed by atoms with Gasteiger partial charge in [0, 0.05) is 12.2 Å². The van der Waals surface area contributed by atoms with Crippen molar-refractivity contribution >= 4 is 17.2 Å². The Hall–Kier alpha value is -1.91. The molecule has 0 saturated heterocycles. The lowest BCUT2D eigenvalue weighted by Crippen LogP contribution is -2.23. The van der Waals surface area contributed by atoms with Crippen LogP contribution in [0.25, 0.3) is 10.9 Å². The molecule has 88 valence electrons. The molecule has 0 atom stereocenters. The van der Waals surface area contributed by atoms with Gasteiger partial charge in [-0.3, -0.25) is 4.79 Å². The van der Waals surface area contributed by atoms with Crippen LogP contribution in [0.3, 0.4) is 0 Å². The van der Waals surface area contributed by atoms with Crippen molar-refractivity contribution in [3.8, 4) is 0 Å². The van der Waals surface area contributed by atoms with Gasteiger partial charge in [0.05, 0.1) is 17.1 Å². The molecule has 2 heterocycles. The zero-order valence-corrected chi connectivity index (χ0v) is 9.59. The Morgan fingerprint density at radius 2 is 2.29 bits per heavy atom. The van der Waals surface area contributed by atoms with E-state index >= 15 is 0 Å². The van der Waals surface area contributed by atoms with Crippen LogP contribution < -0.4 is 5.56 Å². The molecule has 0 N–H and O–H groups in total. The monoisotopic (exact) mass is 231 g/mol. The minimum atomic E-state index is -0.175. The standard InChI is InChI=1S/C12H13N3O2/c1-8-7-14(9-2-3-9)10-6-13-15(4-5-16)12(17)11(8)10/h5-7,9H,2-4H2,1H3. The summed E-state index contributed by atoms with van der Waals surface area (Å²) in [4.78, 5) is 22.6. The lowest BCUT2D eigenvalue weighted by atomic mass is 10.2. The summed E-state index contributed by atoms with van der Waals surface area (Å²) in [5.74, 6) is 0. The molecule has 3 rings (SSSR count). The summed E-state index contributed by atoms with van der Waals surface area (Å²) in [6.07, 6.45) is 6.72. The van der Waals surface area contributed by atoms with Gasteiger partial charge in [-0.15, -0.1) is 0 Å². The van der Waals surface area contributed by atoms with Gasteiger partial charge in [-0.25, -0.2) is 4.68 Å². The Labute approximate surface area is 97.7 Å². The van der Waals surface area contributed by atoms with Crippen LogP contribution in [0.15, 0.2) is 17.2 Å². The van der Waals surface area contributed by atoms with Crippen molar-refractivity contribution in [1.82, 2.24) is 14.3 Å². The zero-order valence-electron chi connectivity index (χ0n) is 9.59. The Bertz CT molecular complexity index is 650. The number of aldehydes is 1. The smallest absolute Gasteiger partial charge is 0.276 e. The van der Waals surface area contributed by atoms with Gasteiger partial charge < -0.3 is 9.36 Å². The highest BCUT2D eigenvalue weighted by Crippen LogP contribution is 2.37. The summed E-state index contributed by atoms with van der Waals surface area (Å²) < 4.78 is 3.34. The van der Waals surface area contributed by atoms with Crippen molar-refractivity contribution < 1.29 is 4.79 Å². The Morgan fingerprint density at radius 1 is 1.53 bits per heavy atom. The average Bonchev–Trinajstić information content (AvgIpc) is 3.08. The van der Waals surface area contributed by atoms with Gasteiger partial charge in [0.2, 0.25) is 0 Å². The third kappa shape index (κ3) is 1.50. The molecule has 0 bridgehead atoms. The maximum atomic E-state index is 12.1. The molecule has 0 unspecified atom stereocenters. The molecule has 0 aliphatic heterocycles. The lowest BCUT2D eigenvalue weighted by Gasteiger charge is -2.03. The number of fused-ring (bicyclic) bond motifs is 1. The molecule has 0 radical (unpaired) electrons. The molecule has 0 spiro atoms. The van der Waals surface area contributed by atoms with E-state index in [1.165, 1.54) is 17.5 Å². The first kappa shape index (κ1) is 10.3. The molecule has 17 heavy (non-hydrogen) atoms. The summed E-state index contributed by atoms with van der Waals surface area (Å²) in [6.45, 7) is 1.94. The fourth-order valence-corrected chi connectivity index (χ4v) is 2.24. The first-order valence-corrected chi connectivity index (χ1v) is 5.73. The largest absolute Gasteiger partial charge is 0.343 e. The van der Waals surface area contributed by atoms with Crippen molar-refractivity contribution in [2.75, 3.05) is 0 Å². The van der Waals surface area contributed by atoms with Gasteiger partial charge in [-0.1, -0.05) is 0 Å². The van der Waals surface area contributed by atoms with Crippen LogP contribution in [0.5, 0.6) is 0 Å². The second kappa shape index (κ2) is 3.55. The maximum Gasteiger partial charge on any atom is 0.276 e. The van der Waals surface area contributed by atoms with Crippen molar-refractivity contribution in [3.63, 3.8) is 0 Å². The molecule has 2 aromatic heterocycles. The van der Waals surface area contributed by atoms with Gasteiger partial charge in [0.25, 0.3) is 5.56 Å². The zero-order chi connectivity index (χ0) is 12.0. The lowest BCUT2D eigenvalue weighted by molar-refractivity contribution is -0.108. The van der Waals surface area contributed by atoms with Crippen molar-refractivity contribution in [3.05, 3.63) is 28.3 Å². The van der Waals surface area contributed by atoms with Crippen LogP contribution in [0.4, 0.5) is 0 Å². The molecule has 0 amide bonds. The normalized spacial score (nSPS) is 15.4. The average molecular weight is 231 g/mol. The number of aryl methyl sites for hydroxylation is 1.